The van der Waals surface area contributed by atoms with E-state index in [1.165, 1.54) is 11.3 Å². The van der Waals surface area contributed by atoms with Gasteiger partial charge in [0.25, 0.3) is 5.91 Å². The quantitative estimate of drug-likeness (QED) is 0.817. The molecule has 0 saturated carbocycles. The van der Waals surface area contributed by atoms with Gasteiger partial charge in [0.15, 0.2) is 0 Å². The van der Waals surface area contributed by atoms with E-state index in [1.807, 2.05) is 23.1 Å². The summed E-state index contributed by atoms with van der Waals surface area (Å²) in [4.78, 5) is 14.3. The summed E-state index contributed by atoms with van der Waals surface area (Å²) in [6.07, 6.45) is 1.94. The number of benzene rings is 1. The van der Waals surface area contributed by atoms with Crippen LogP contribution in [0.5, 0.6) is 0 Å². The van der Waals surface area contributed by atoms with Gasteiger partial charge in [-0.2, -0.15) is 0 Å². The fourth-order valence-electron chi connectivity index (χ4n) is 2.57. The SMILES string of the molecule is O=C(c1ccc2c(c1)CCN2)N1CCCOCC1. The topological polar surface area (TPSA) is 41.6 Å². The van der Waals surface area contributed by atoms with Crippen LogP contribution in [0, 0.1) is 0 Å². The standard InChI is InChI=1S/C14H18N2O2/c17-14(16-6-1-8-18-9-7-16)12-2-3-13-11(10-12)4-5-15-13/h2-3,10,15H,1,4-9H2. The predicted molar refractivity (Wildman–Crippen MR) is 70.0 cm³/mol. The van der Waals surface area contributed by atoms with Crippen molar-refractivity contribution in [1.29, 1.82) is 0 Å². The summed E-state index contributed by atoms with van der Waals surface area (Å²) in [5.74, 6) is 0.134. The van der Waals surface area contributed by atoms with Crippen molar-refractivity contribution in [2.24, 2.45) is 0 Å². The van der Waals surface area contributed by atoms with E-state index in [9.17, 15) is 4.79 Å². The van der Waals surface area contributed by atoms with Crippen LogP contribution >= 0.6 is 0 Å². The maximum atomic E-state index is 12.4. The minimum atomic E-state index is 0.134. The molecule has 0 radical (unpaired) electrons. The number of nitrogens with one attached hydrogen (secondary N) is 1. The molecule has 1 aromatic rings. The lowest BCUT2D eigenvalue weighted by atomic mass is 10.1. The first kappa shape index (κ1) is 11.5. The summed E-state index contributed by atoms with van der Waals surface area (Å²) >= 11 is 0. The van der Waals surface area contributed by atoms with Crippen LogP contribution in [-0.4, -0.2) is 43.7 Å². The smallest absolute Gasteiger partial charge is 0.253 e. The summed E-state index contributed by atoms with van der Waals surface area (Å²) < 4.78 is 5.38. The first-order chi connectivity index (χ1) is 8.84. The normalized spacial score (nSPS) is 19.0. The average molecular weight is 246 g/mol. The molecule has 1 saturated heterocycles. The third kappa shape index (κ3) is 2.20. The van der Waals surface area contributed by atoms with E-state index in [0.717, 1.165) is 38.1 Å². The molecule has 2 aliphatic heterocycles. The third-order valence-electron chi connectivity index (χ3n) is 3.57. The Hall–Kier alpha value is -1.55. The van der Waals surface area contributed by atoms with Crippen LogP contribution in [0.25, 0.3) is 0 Å². The molecule has 18 heavy (non-hydrogen) atoms. The van der Waals surface area contributed by atoms with Crippen molar-refractivity contribution in [3.63, 3.8) is 0 Å². The Kier molecular flexibility index (Phi) is 3.19. The van der Waals surface area contributed by atoms with Gasteiger partial charge in [-0.15, -0.1) is 0 Å². The first-order valence-electron chi connectivity index (χ1n) is 6.58. The van der Waals surface area contributed by atoms with Crippen LogP contribution in [0.15, 0.2) is 18.2 Å². The van der Waals surface area contributed by atoms with Crippen molar-refractivity contribution in [3.8, 4) is 0 Å². The van der Waals surface area contributed by atoms with E-state index in [2.05, 4.69) is 5.32 Å². The molecule has 96 valence electrons. The molecule has 0 aliphatic carbocycles. The van der Waals surface area contributed by atoms with E-state index < -0.39 is 0 Å². The molecule has 3 rings (SSSR count). The van der Waals surface area contributed by atoms with Gasteiger partial charge < -0.3 is 15.0 Å². The molecule has 0 unspecified atom stereocenters. The molecular formula is C14H18N2O2. The first-order valence-corrected chi connectivity index (χ1v) is 6.58. The molecule has 0 aromatic heterocycles. The van der Waals surface area contributed by atoms with Gasteiger partial charge in [0.2, 0.25) is 0 Å². The number of nitrogens with zero attached hydrogens (tertiary/aromatic N) is 1. The summed E-state index contributed by atoms with van der Waals surface area (Å²) in [6.45, 7) is 3.89. The monoisotopic (exact) mass is 246 g/mol. The lowest BCUT2D eigenvalue weighted by Gasteiger charge is -2.19. The maximum absolute atomic E-state index is 12.4. The van der Waals surface area contributed by atoms with Gasteiger partial charge in [0, 0.05) is 37.5 Å². The molecule has 1 amide bonds. The van der Waals surface area contributed by atoms with Gasteiger partial charge >= 0.3 is 0 Å². The Balaban J connectivity index is 1.79. The zero-order valence-electron chi connectivity index (χ0n) is 10.4. The predicted octanol–water partition coefficient (Wildman–Crippen LogP) is 1.52. The Morgan fingerprint density at radius 1 is 1.28 bits per heavy atom. The van der Waals surface area contributed by atoms with E-state index >= 15 is 0 Å². The van der Waals surface area contributed by atoms with E-state index in [4.69, 9.17) is 4.74 Å². The Morgan fingerprint density at radius 3 is 3.17 bits per heavy atom. The summed E-state index contributed by atoms with van der Waals surface area (Å²) in [6, 6.07) is 5.97. The number of amides is 1. The molecule has 0 atom stereocenters. The second-order valence-electron chi connectivity index (χ2n) is 4.81. The minimum Gasteiger partial charge on any atom is -0.384 e. The highest BCUT2D eigenvalue weighted by Crippen LogP contribution is 2.23. The second-order valence-corrected chi connectivity index (χ2v) is 4.81. The zero-order chi connectivity index (χ0) is 12.4. The van der Waals surface area contributed by atoms with E-state index in [1.54, 1.807) is 0 Å². The minimum absolute atomic E-state index is 0.134. The number of anilines is 1. The zero-order valence-corrected chi connectivity index (χ0v) is 10.4. The molecule has 0 spiro atoms. The Bertz CT molecular complexity index is 451. The highest BCUT2D eigenvalue weighted by molar-refractivity contribution is 5.95. The van der Waals surface area contributed by atoms with Crippen molar-refractivity contribution in [2.75, 3.05) is 38.2 Å². The molecule has 1 N–H and O–H groups in total. The van der Waals surface area contributed by atoms with Crippen LogP contribution < -0.4 is 5.32 Å². The van der Waals surface area contributed by atoms with Crippen molar-refractivity contribution in [3.05, 3.63) is 29.3 Å². The third-order valence-corrected chi connectivity index (χ3v) is 3.57. The lowest BCUT2D eigenvalue weighted by Crippen LogP contribution is -2.33. The molecule has 0 bridgehead atoms. The number of carbonyl (C=O) groups excluding carboxylic acids is 1. The molecule has 1 aromatic carbocycles. The van der Waals surface area contributed by atoms with Gasteiger partial charge in [-0.1, -0.05) is 0 Å². The number of rotatable bonds is 1. The number of ether oxygens (including phenoxy) is 1. The van der Waals surface area contributed by atoms with Crippen molar-refractivity contribution in [1.82, 2.24) is 4.90 Å². The molecule has 4 heteroatoms. The molecule has 2 aliphatic rings. The van der Waals surface area contributed by atoms with Gasteiger partial charge in [-0.3, -0.25) is 4.79 Å². The van der Waals surface area contributed by atoms with Gasteiger partial charge in [-0.05, 0) is 36.6 Å². The maximum Gasteiger partial charge on any atom is 0.253 e. The Morgan fingerprint density at radius 2 is 2.22 bits per heavy atom. The summed E-state index contributed by atoms with van der Waals surface area (Å²) in [5, 5.41) is 3.31. The highest BCUT2D eigenvalue weighted by atomic mass is 16.5. The number of fused-ring (bicyclic) bond motifs is 1. The average Bonchev–Trinajstić information content (AvgIpc) is 2.69. The van der Waals surface area contributed by atoms with E-state index in [0.29, 0.717) is 13.2 Å². The number of hydrogen-bond acceptors (Lipinski definition) is 3. The number of carbonyl (C=O) groups is 1. The fraction of sp³-hybridized carbons (Fsp3) is 0.500. The van der Waals surface area contributed by atoms with Crippen LogP contribution in [-0.2, 0) is 11.2 Å². The second kappa shape index (κ2) is 4.98. The van der Waals surface area contributed by atoms with Crippen LogP contribution in [0.2, 0.25) is 0 Å². The highest BCUT2D eigenvalue weighted by Gasteiger charge is 2.19. The van der Waals surface area contributed by atoms with Crippen molar-refractivity contribution in [2.45, 2.75) is 12.8 Å². The van der Waals surface area contributed by atoms with Crippen LogP contribution in [0.3, 0.4) is 0 Å². The van der Waals surface area contributed by atoms with Crippen LogP contribution in [0.1, 0.15) is 22.3 Å². The largest absolute Gasteiger partial charge is 0.384 e. The lowest BCUT2D eigenvalue weighted by molar-refractivity contribution is 0.0741. The van der Waals surface area contributed by atoms with E-state index in [-0.39, 0.29) is 5.91 Å². The molecule has 1 fully saturated rings. The number of hydrogen-bond donors (Lipinski definition) is 1. The summed E-state index contributed by atoms with van der Waals surface area (Å²) in [5.41, 5.74) is 3.23. The Labute approximate surface area is 107 Å². The fourth-order valence-corrected chi connectivity index (χ4v) is 2.57. The summed E-state index contributed by atoms with van der Waals surface area (Å²) in [7, 11) is 0. The molecular weight excluding hydrogens is 228 g/mol. The van der Waals surface area contributed by atoms with Gasteiger partial charge in [-0.25, -0.2) is 0 Å². The molecule has 4 nitrogen and oxygen atoms in total. The van der Waals surface area contributed by atoms with Crippen molar-refractivity contribution >= 4 is 11.6 Å². The van der Waals surface area contributed by atoms with Gasteiger partial charge in [0.1, 0.15) is 0 Å². The van der Waals surface area contributed by atoms with Crippen molar-refractivity contribution < 1.29 is 9.53 Å². The molecule has 2 heterocycles. The van der Waals surface area contributed by atoms with Gasteiger partial charge in [0.05, 0.1) is 6.61 Å². The van der Waals surface area contributed by atoms with Crippen LogP contribution in [0.4, 0.5) is 5.69 Å².